The van der Waals surface area contributed by atoms with Gasteiger partial charge >= 0.3 is 0 Å². The van der Waals surface area contributed by atoms with E-state index in [4.69, 9.17) is 5.73 Å². The van der Waals surface area contributed by atoms with Gasteiger partial charge in [0.05, 0.1) is 5.52 Å². The van der Waals surface area contributed by atoms with Crippen molar-refractivity contribution in [3.8, 4) is 0 Å². The number of anilines is 1. The van der Waals surface area contributed by atoms with E-state index in [2.05, 4.69) is 37.0 Å². The van der Waals surface area contributed by atoms with E-state index in [0.717, 1.165) is 11.1 Å². The third kappa shape index (κ3) is 2.05. The molecule has 2 nitrogen and oxygen atoms in total. The molecule has 1 aromatic carbocycles. The second-order valence-electron chi connectivity index (χ2n) is 3.82. The minimum absolute atomic E-state index is 0. The molecule has 2 aromatic rings. The third-order valence-corrected chi connectivity index (χ3v) is 2.66. The maximum Gasteiger partial charge on any atom is 0.127 e. The Balaban J connectivity index is 0.00000112. The lowest BCUT2D eigenvalue weighted by Crippen LogP contribution is -1.95. The first kappa shape index (κ1) is 11.8. The zero-order valence-electron chi connectivity index (χ0n) is 9.16. The van der Waals surface area contributed by atoms with Crippen LogP contribution in [-0.2, 0) is 0 Å². The Bertz CT molecular complexity index is 417. The molecule has 80 valence electrons. The number of hydrogen-bond donors (Lipinski definition) is 1. The maximum absolute atomic E-state index is 5.76. The summed E-state index contributed by atoms with van der Waals surface area (Å²) < 4.78 is 0. The number of pyridine rings is 1. The summed E-state index contributed by atoms with van der Waals surface area (Å²) in [6.07, 6.45) is 0. The number of rotatable bonds is 0. The molecule has 0 amide bonds. The molecule has 0 unspecified atom stereocenters. The largest absolute Gasteiger partial charge is 0.383 e. The minimum atomic E-state index is 0. The van der Waals surface area contributed by atoms with Crippen LogP contribution in [0.2, 0.25) is 0 Å². The molecule has 1 aromatic heterocycles. The monoisotopic (exact) mass is 222 g/mol. The van der Waals surface area contributed by atoms with Crippen molar-refractivity contribution in [3.05, 3.63) is 34.9 Å². The first-order valence-electron chi connectivity index (χ1n) is 4.72. The van der Waals surface area contributed by atoms with Crippen LogP contribution < -0.4 is 5.73 Å². The Morgan fingerprint density at radius 3 is 2.13 bits per heavy atom. The van der Waals surface area contributed by atoms with Crippen LogP contribution in [0.25, 0.3) is 10.9 Å². The van der Waals surface area contributed by atoms with Crippen LogP contribution in [0.15, 0.2) is 18.2 Å². The fourth-order valence-electron chi connectivity index (χ4n) is 1.56. The highest BCUT2D eigenvalue weighted by Crippen LogP contribution is 2.21. The molecule has 0 atom stereocenters. The molecule has 0 aliphatic heterocycles. The number of nitrogens with zero attached hydrogens (tertiary/aromatic N) is 1. The van der Waals surface area contributed by atoms with E-state index in [1.54, 1.807) is 0 Å². The van der Waals surface area contributed by atoms with Crippen molar-refractivity contribution in [3.63, 3.8) is 0 Å². The number of nitrogens with two attached hydrogens (primary N) is 1. The molecule has 2 N–H and O–H groups in total. The van der Waals surface area contributed by atoms with Crippen LogP contribution in [-0.4, -0.2) is 4.98 Å². The van der Waals surface area contributed by atoms with Crippen LogP contribution in [0, 0.1) is 20.8 Å². The molecule has 0 saturated carbocycles. The summed E-state index contributed by atoms with van der Waals surface area (Å²) >= 11 is 0. The van der Waals surface area contributed by atoms with Gasteiger partial charge in [-0.15, -0.1) is 12.4 Å². The molecule has 0 fully saturated rings. The van der Waals surface area contributed by atoms with Gasteiger partial charge in [0.25, 0.3) is 0 Å². The Labute approximate surface area is 95.9 Å². The van der Waals surface area contributed by atoms with E-state index in [9.17, 15) is 0 Å². The summed E-state index contributed by atoms with van der Waals surface area (Å²) in [5, 5.41) is 1.17. The molecular formula is C12H15ClN2. The van der Waals surface area contributed by atoms with Crippen molar-refractivity contribution in [2.24, 2.45) is 0 Å². The van der Waals surface area contributed by atoms with E-state index in [0.29, 0.717) is 5.82 Å². The van der Waals surface area contributed by atoms with E-state index in [-0.39, 0.29) is 12.4 Å². The highest BCUT2D eigenvalue weighted by atomic mass is 35.5. The Morgan fingerprint density at radius 2 is 1.47 bits per heavy atom. The molecule has 1 heterocycles. The molecule has 0 spiro atoms. The summed E-state index contributed by atoms with van der Waals surface area (Å²) in [5.41, 5.74) is 10.3. The van der Waals surface area contributed by atoms with Gasteiger partial charge in [-0.3, -0.25) is 0 Å². The lowest BCUT2D eigenvalue weighted by Gasteiger charge is -2.06. The smallest absolute Gasteiger partial charge is 0.127 e. The van der Waals surface area contributed by atoms with Crippen molar-refractivity contribution < 1.29 is 0 Å². The van der Waals surface area contributed by atoms with Gasteiger partial charge in [-0.2, -0.15) is 0 Å². The van der Waals surface area contributed by atoms with Gasteiger partial charge in [-0.1, -0.05) is 0 Å². The summed E-state index contributed by atoms with van der Waals surface area (Å²) in [6, 6.07) is 6.33. The van der Waals surface area contributed by atoms with Crippen molar-refractivity contribution in [1.82, 2.24) is 4.98 Å². The number of benzene rings is 1. The molecule has 15 heavy (non-hydrogen) atoms. The zero-order valence-corrected chi connectivity index (χ0v) is 9.98. The summed E-state index contributed by atoms with van der Waals surface area (Å²) in [7, 11) is 0. The Hall–Kier alpha value is -1.28. The zero-order chi connectivity index (χ0) is 10.3. The van der Waals surface area contributed by atoms with E-state index >= 15 is 0 Å². The number of halogens is 1. The second kappa shape index (κ2) is 4.07. The summed E-state index contributed by atoms with van der Waals surface area (Å²) in [4.78, 5) is 4.35. The Kier molecular flexibility index (Phi) is 3.20. The molecule has 0 aliphatic rings. The quantitative estimate of drug-likeness (QED) is 0.744. The standard InChI is InChI=1S/C12H14N2.ClH/c1-7-4-10-5-9(3)12(13)14-11(10)6-8(7)2;/h4-6H,1-3H3,(H2,13,14);1H. The lowest BCUT2D eigenvalue weighted by molar-refractivity contribution is 1.30. The highest BCUT2D eigenvalue weighted by Gasteiger charge is 2.02. The fourth-order valence-corrected chi connectivity index (χ4v) is 1.56. The molecule has 0 radical (unpaired) electrons. The molecular weight excluding hydrogens is 208 g/mol. The molecule has 0 saturated heterocycles. The third-order valence-electron chi connectivity index (χ3n) is 2.66. The average Bonchev–Trinajstić information content (AvgIpc) is 2.11. The van der Waals surface area contributed by atoms with Crippen molar-refractivity contribution in [1.29, 1.82) is 0 Å². The Morgan fingerprint density at radius 1 is 0.933 bits per heavy atom. The van der Waals surface area contributed by atoms with Crippen LogP contribution in [0.5, 0.6) is 0 Å². The van der Waals surface area contributed by atoms with Gasteiger partial charge in [0.2, 0.25) is 0 Å². The minimum Gasteiger partial charge on any atom is -0.383 e. The van der Waals surface area contributed by atoms with Gasteiger partial charge in [-0.05, 0) is 55.7 Å². The molecule has 0 bridgehead atoms. The van der Waals surface area contributed by atoms with Gasteiger partial charge in [-0.25, -0.2) is 4.98 Å². The molecule has 3 heteroatoms. The highest BCUT2D eigenvalue weighted by molar-refractivity contribution is 5.85. The second-order valence-corrected chi connectivity index (χ2v) is 3.82. The SMILES string of the molecule is Cc1cc2cc(C)c(N)nc2cc1C.Cl. The first-order chi connectivity index (χ1) is 6.58. The number of hydrogen-bond acceptors (Lipinski definition) is 2. The van der Waals surface area contributed by atoms with Gasteiger partial charge < -0.3 is 5.73 Å². The predicted molar refractivity (Wildman–Crippen MR) is 67.6 cm³/mol. The van der Waals surface area contributed by atoms with E-state index < -0.39 is 0 Å². The van der Waals surface area contributed by atoms with Crippen LogP contribution in [0.4, 0.5) is 5.82 Å². The lowest BCUT2D eigenvalue weighted by atomic mass is 10.1. The summed E-state index contributed by atoms with van der Waals surface area (Å²) in [5.74, 6) is 0.626. The van der Waals surface area contributed by atoms with E-state index in [1.165, 1.54) is 16.5 Å². The average molecular weight is 223 g/mol. The maximum atomic E-state index is 5.76. The molecule has 0 aliphatic carbocycles. The van der Waals surface area contributed by atoms with Crippen LogP contribution >= 0.6 is 12.4 Å². The van der Waals surface area contributed by atoms with E-state index in [1.807, 2.05) is 6.92 Å². The topological polar surface area (TPSA) is 38.9 Å². The van der Waals surface area contributed by atoms with Crippen LogP contribution in [0.3, 0.4) is 0 Å². The van der Waals surface area contributed by atoms with Crippen molar-refractivity contribution >= 4 is 29.1 Å². The van der Waals surface area contributed by atoms with Gasteiger partial charge in [0.1, 0.15) is 5.82 Å². The molecule has 2 rings (SSSR count). The first-order valence-corrected chi connectivity index (χ1v) is 4.72. The van der Waals surface area contributed by atoms with Crippen LogP contribution in [0.1, 0.15) is 16.7 Å². The number of fused-ring (bicyclic) bond motifs is 1. The van der Waals surface area contributed by atoms with Gasteiger partial charge in [0.15, 0.2) is 0 Å². The summed E-state index contributed by atoms with van der Waals surface area (Å²) in [6.45, 7) is 6.18. The number of nitrogen functional groups attached to an aromatic ring is 1. The van der Waals surface area contributed by atoms with Gasteiger partial charge in [0, 0.05) is 5.39 Å². The predicted octanol–water partition coefficient (Wildman–Crippen LogP) is 3.16. The number of aryl methyl sites for hydroxylation is 3. The normalized spacial score (nSPS) is 10.1. The van der Waals surface area contributed by atoms with Crippen molar-refractivity contribution in [2.45, 2.75) is 20.8 Å². The van der Waals surface area contributed by atoms with Crippen molar-refractivity contribution in [2.75, 3.05) is 5.73 Å². The fraction of sp³-hybridized carbons (Fsp3) is 0.250. The number of aromatic nitrogens is 1.